The standard InChI is InChI=1S/C11H16N2O3S2/c1-13(8-4-6-18(15,16)7-8)11(14)10(12)9-3-2-5-17-9/h2-3,5,8,10H,4,6-7,12H2,1H3. The first-order chi connectivity index (χ1) is 8.41. The first kappa shape index (κ1) is 13.5. The zero-order valence-electron chi connectivity index (χ0n) is 10.1. The van der Waals surface area contributed by atoms with Gasteiger partial charge in [-0.15, -0.1) is 11.3 Å². The highest BCUT2D eigenvalue weighted by Gasteiger charge is 2.34. The smallest absolute Gasteiger partial charge is 0.244 e. The summed E-state index contributed by atoms with van der Waals surface area (Å²) in [5, 5.41) is 1.86. The van der Waals surface area contributed by atoms with Crippen molar-refractivity contribution >= 4 is 27.1 Å². The van der Waals surface area contributed by atoms with Gasteiger partial charge in [0.2, 0.25) is 5.91 Å². The van der Waals surface area contributed by atoms with Crippen molar-refractivity contribution in [3.63, 3.8) is 0 Å². The number of carbonyl (C=O) groups excluding carboxylic acids is 1. The molecule has 1 aromatic rings. The highest BCUT2D eigenvalue weighted by Crippen LogP contribution is 2.22. The van der Waals surface area contributed by atoms with E-state index in [1.54, 1.807) is 7.05 Å². The van der Waals surface area contributed by atoms with Gasteiger partial charge in [0.1, 0.15) is 6.04 Å². The number of thiophene rings is 1. The molecule has 1 fully saturated rings. The number of nitrogens with two attached hydrogens (primary N) is 1. The molecule has 1 aliphatic rings. The Morgan fingerprint density at radius 3 is 2.83 bits per heavy atom. The van der Waals surface area contributed by atoms with Crippen molar-refractivity contribution in [3.8, 4) is 0 Å². The van der Waals surface area contributed by atoms with Crippen molar-refractivity contribution in [2.24, 2.45) is 5.73 Å². The SMILES string of the molecule is CN(C(=O)C(N)c1cccs1)C1CCS(=O)(=O)C1. The lowest BCUT2D eigenvalue weighted by atomic mass is 10.1. The molecule has 7 heteroatoms. The molecule has 2 unspecified atom stereocenters. The third-order valence-corrected chi connectivity index (χ3v) is 5.93. The monoisotopic (exact) mass is 288 g/mol. The minimum atomic E-state index is -2.99. The minimum absolute atomic E-state index is 0.0480. The highest BCUT2D eigenvalue weighted by molar-refractivity contribution is 7.91. The number of rotatable bonds is 3. The zero-order chi connectivity index (χ0) is 13.3. The summed E-state index contributed by atoms with van der Waals surface area (Å²) in [7, 11) is -1.36. The van der Waals surface area contributed by atoms with Crippen LogP contribution in [0.5, 0.6) is 0 Å². The van der Waals surface area contributed by atoms with E-state index in [1.807, 2.05) is 17.5 Å². The second-order valence-corrected chi connectivity index (χ2v) is 7.71. The quantitative estimate of drug-likeness (QED) is 0.872. The summed E-state index contributed by atoms with van der Waals surface area (Å²) in [4.78, 5) is 14.4. The molecular weight excluding hydrogens is 272 g/mol. The molecule has 18 heavy (non-hydrogen) atoms. The number of hydrogen-bond acceptors (Lipinski definition) is 5. The Morgan fingerprint density at radius 1 is 1.61 bits per heavy atom. The first-order valence-corrected chi connectivity index (χ1v) is 8.37. The molecule has 2 heterocycles. The summed E-state index contributed by atoms with van der Waals surface area (Å²) < 4.78 is 22.8. The Morgan fingerprint density at radius 2 is 2.33 bits per heavy atom. The van der Waals surface area contributed by atoms with E-state index in [9.17, 15) is 13.2 Å². The topological polar surface area (TPSA) is 80.5 Å². The average molecular weight is 288 g/mol. The van der Waals surface area contributed by atoms with Crippen molar-refractivity contribution in [1.82, 2.24) is 4.90 Å². The molecule has 0 aliphatic carbocycles. The number of sulfone groups is 1. The maximum absolute atomic E-state index is 12.2. The Hall–Kier alpha value is -0.920. The van der Waals surface area contributed by atoms with Crippen molar-refractivity contribution in [2.45, 2.75) is 18.5 Å². The summed E-state index contributed by atoms with van der Waals surface area (Å²) in [6, 6.07) is 2.71. The predicted octanol–water partition coefficient (Wildman–Crippen LogP) is 0.393. The van der Waals surface area contributed by atoms with Crippen LogP contribution in [0.15, 0.2) is 17.5 Å². The lowest BCUT2D eigenvalue weighted by molar-refractivity contribution is -0.133. The Kier molecular flexibility index (Phi) is 3.74. The molecule has 2 N–H and O–H groups in total. The van der Waals surface area contributed by atoms with Crippen LogP contribution in [-0.2, 0) is 14.6 Å². The molecule has 0 saturated carbocycles. The van der Waals surface area contributed by atoms with Crippen LogP contribution in [0.4, 0.5) is 0 Å². The van der Waals surface area contributed by atoms with Crippen LogP contribution in [0.3, 0.4) is 0 Å². The first-order valence-electron chi connectivity index (χ1n) is 5.67. The fraction of sp³-hybridized carbons (Fsp3) is 0.545. The number of likely N-dealkylation sites (N-methyl/N-ethyl adjacent to an activating group) is 1. The van der Waals surface area contributed by atoms with E-state index < -0.39 is 15.9 Å². The van der Waals surface area contributed by atoms with E-state index in [2.05, 4.69) is 0 Å². The van der Waals surface area contributed by atoms with Gasteiger partial charge in [0, 0.05) is 18.0 Å². The lowest BCUT2D eigenvalue weighted by Crippen LogP contribution is -2.42. The van der Waals surface area contributed by atoms with Gasteiger partial charge in [-0.1, -0.05) is 6.07 Å². The Balaban J connectivity index is 2.06. The van der Waals surface area contributed by atoms with Crippen LogP contribution in [0.1, 0.15) is 17.3 Å². The molecule has 5 nitrogen and oxygen atoms in total. The van der Waals surface area contributed by atoms with Gasteiger partial charge in [0.05, 0.1) is 11.5 Å². The van der Waals surface area contributed by atoms with Crippen molar-refractivity contribution in [3.05, 3.63) is 22.4 Å². The van der Waals surface area contributed by atoms with E-state index in [0.717, 1.165) is 4.88 Å². The molecule has 0 radical (unpaired) electrons. The average Bonchev–Trinajstić information content (AvgIpc) is 2.95. The molecule has 1 aromatic heterocycles. The lowest BCUT2D eigenvalue weighted by Gasteiger charge is -2.26. The van der Waals surface area contributed by atoms with Crippen LogP contribution >= 0.6 is 11.3 Å². The number of carbonyl (C=O) groups is 1. The van der Waals surface area contributed by atoms with E-state index in [4.69, 9.17) is 5.73 Å². The van der Waals surface area contributed by atoms with Crippen LogP contribution in [0, 0.1) is 0 Å². The highest BCUT2D eigenvalue weighted by atomic mass is 32.2. The second kappa shape index (κ2) is 4.99. The normalized spacial score (nSPS) is 23.8. The van der Waals surface area contributed by atoms with Crippen molar-refractivity contribution < 1.29 is 13.2 Å². The predicted molar refractivity (Wildman–Crippen MR) is 71.1 cm³/mol. The van der Waals surface area contributed by atoms with Gasteiger partial charge in [-0.05, 0) is 17.9 Å². The van der Waals surface area contributed by atoms with Crippen LogP contribution < -0.4 is 5.73 Å². The molecule has 0 aromatic carbocycles. The fourth-order valence-electron chi connectivity index (χ4n) is 2.07. The Labute approximate surface area is 111 Å². The summed E-state index contributed by atoms with van der Waals surface area (Å²) >= 11 is 1.43. The minimum Gasteiger partial charge on any atom is -0.340 e. The van der Waals surface area contributed by atoms with Gasteiger partial charge < -0.3 is 10.6 Å². The molecule has 100 valence electrons. The van der Waals surface area contributed by atoms with Crippen molar-refractivity contribution in [1.29, 1.82) is 0 Å². The summed E-state index contributed by atoms with van der Waals surface area (Å²) in [6.45, 7) is 0. The molecule has 1 amide bonds. The maximum atomic E-state index is 12.2. The third-order valence-electron chi connectivity index (χ3n) is 3.22. The summed E-state index contributed by atoms with van der Waals surface area (Å²) in [5.74, 6) is -0.0183. The van der Waals surface area contributed by atoms with Gasteiger partial charge in [-0.2, -0.15) is 0 Å². The summed E-state index contributed by atoms with van der Waals surface area (Å²) in [6.07, 6.45) is 0.502. The zero-order valence-corrected chi connectivity index (χ0v) is 11.7. The van der Waals surface area contributed by atoms with Crippen LogP contribution in [0.2, 0.25) is 0 Å². The van der Waals surface area contributed by atoms with Crippen molar-refractivity contribution in [2.75, 3.05) is 18.6 Å². The largest absolute Gasteiger partial charge is 0.340 e. The molecule has 0 bridgehead atoms. The molecule has 1 aliphatic heterocycles. The van der Waals surface area contributed by atoms with E-state index in [-0.39, 0.29) is 23.5 Å². The van der Waals surface area contributed by atoms with Crippen LogP contribution in [0.25, 0.3) is 0 Å². The van der Waals surface area contributed by atoms with E-state index in [1.165, 1.54) is 16.2 Å². The third kappa shape index (κ3) is 2.73. The van der Waals surface area contributed by atoms with E-state index >= 15 is 0 Å². The van der Waals surface area contributed by atoms with Gasteiger partial charge in [-0.3, -0.25) is 4.79 Å². The van der Waals surface area contributed by atoms with Gasteiger partial charge >= 0.3 is 0 Å². The molecule has 1 saturated heterocycles. The molecule has 0 spiro atoms. The van der Waals surface area contributed by atoms with Gasteiger partial charge in [0.15, 0.2) is 9.84 Å². The number of hydrogen-bond donors (Lipinski definition) is 1. The molecule has 2 rings (SSSR count). The maximum Gasteiger partial charge on any atom is 0.244 e. The molecule has 2 atom stereocenters. The fourth-order valence-corrected chi connectivity index (χ4v) is 4.56. The second-order valence-electron chi connectivity index (χ2n) is 4.50. The van der Waals surface area contributed by atoms with Gasteiger partial charge in [-0.25, -0.2) is 8.42 Å². The number of amides is 1. The number of nitrogens with zero attached hydrogens (tertiary/aromatic N) is 1. The van der Waals surface area contributed by atoms with Crippen LogP contribution in [-0.4, -0.2) is 43.8 Å². The van der Waals surface area contributed by atoms with Gasteiger partial charge in [0.25, 0.3) is 0 Å². The molecular formula is C11H16N2O3S2. The Bertz CT molecular complexity index is 524. The summed E-state index contributed by atoms with van der Waals surface area (Å²) in [5.41, 5.74) is 5.89. The van der Waals surface area contributed by atoms with E-state index in [0.29, 0.717) is 6.42 Å².